The molecule has 0 bridgehead atoms. The normalized spacial score (nSPS) is 23.1. The van der Waals surface area contributed by atoms with Crippen LogP contribution < -0.4 is 5.32 Å². The van der Waals surface area contributed by atoms with Crippen molar-refractivity contribution < 1.29 is 14.4 Å². The quantitative estimate of drug-likeness (QED) is 0.684. The molecule has 5 nitrogen and oxygen atoms in total. The van der Waals surface area contributed by atoms with Gasteiger partial charge in [-0.1, -0.05) is 31.2 Å². The Bertz CT molecular complexity index is 655. The van der Waals surface area contributed by atoms with Crippen molar-refractivity contribution in [2.45, 2.75) is 26.2 Å². The number of hydrogen-bond donors (Lipinski definition) is 1. The van der Waals surface area contributed by atoms with Crippen LogP contribution in [0.5, 0.6) is 0 Å². The minimum Gasteiger partial charge on any atom is -0.325 e. The molecule has 1 N–H and O–H groups in total. The Kier molecular flexibility index (Phi) is 4.28. The van der Waals surface area contributed by atoms with Crippen LogP contribution in [0.3, 0.4) is 0 Å². The first-order valence-corrected chi connectivity index (χ1v) is 7.99. The van der Waals surface area contributed by atoms with Crippen LogP contribution >= 0.6 is 0 Å². The van der Waals surface area contributed by atoms with E-state index in [9.17, 15) is 14.4 Å². The van der Waals surface area contributed by atoms with Crippen LogP contribution in [0, 0.1) is 11.8 Å². The third kappa shape index (κ3) is 3.04. The first-order chi connectivity index (χ1) is 11.1. The van der Waals surface area contributed by atoms with Crippen LogP contribution in [0.1, 0.15) is 25.3 Å². The molecule has 1 heterocycles. The number of carbonyl (C=O) groups excluding carboxylic acids is 3. The van der Waals surface area contributed by atoms with Gasteiger partial charge in [-0.25, -0.2) is 0 Å². The van der Waals surface area contributed by atoms with E-state index < -0.39 is 0 Å². The summed E-state index contributed by atoms with van der Waals surface area (Å²) in [5.74, 6) is -1.36. The monoisotopic (exact) mass is 312 g/mol. The topological polar surface area (TPSA) is 66.5 Å². The van der Waals surface area contributed by atoms with Crippen LogP contribution in [0.15, 0.2) is 36.4 Å². The third-order valence-electron chi connectivity index (χ3n) is 4.52. The summed E-state index contributed by atoms with van der Waals surface area (Å²) in [6.45, 7) is 1.83. The molecular weight excluding hydrogens is 292 g/mol. The summed E-state index contributed by atoms with van der Waals surface area (Å²) < 4.78 is 0. The van der Waals surface area contributed by atoms with Crippen molar-refractivity contribution in [2.75, 3.05) is 11.9 Å². The van der Waals surface area contributed by atoms with Gasteiger partial charge in [0.05, 0.1) is 11.8 Å². The standard InChI is InChI=1S/C18H20N2O3/c1-2-12-6-5-7-13(10-12)19-16(21)11-20-17(22)14-8-3-4-9-15(14)18(20)23/h3-7,10,14-15H,2,8-9,11H2,1H3,(H,19,21)/t14-,15-/m1/s1. The van der Waals surface area contributed by atoms with E-state index in [-0.39, 0.29) is 36.1 Å². The number of imide groups is 1. The van der Waals surface area contributed by atoms with Gasteiger partial charge in [-0.15, -0.1) is 0 Å². The molecule has 3 amide bonds. The summed E-state index contributed by atoms with van der Waals surface area (Å²) in [7, 11) is 0. The van der Waals surface area contributed by atoms with Gasteiger partial charge in [0.25, 0.3) is 0 Å². The van der Waals surface area contributed by atoms with Gasteiger partial charge in [0.15, 0.2) is 0 Å². The average molecular weight is 312 g/mol. The van der Waals surface area contributed by atoms with E-state index in [0.717, 1.165) is 16.9 Å². The van der Waals surface area contributed by atoms with Gasteiger partial charge in [-0.2, -0.15) is 0 Å². The van der Waals surface area contributed by atoms with Crippen molar-refractivity contribution in [1.29, 1.82) is 0 Å². The summed E-state index contributed by atoms with van der Waals surface area (Å²) in [5.41, 5.74) is 1.81. The number of amides is 3. The maximum Gasteiger partial charge on any atom is 0.244 e. The SMILES string of the molecule is CCc1cccc(NC(=O)CN2C(=O)[C@@H]3CC=CC[C@H]3C2=O)c1. The molecule has 0 aromatic heterocycles. The maximum absolute atomic E-state index is 12.3. The minimum absolute atomic E-state index is 0.207. The van der Waals surface area contributed by atoms with E-state index >= 15 is 0 Å². The molecule has 2 atom stereocenters. The molecule has 1 aliphatic heterocycles. The van der Waals surface area contributed by atoms with Gasteiger partial charge in [0.2, 0.25) is 17.7 Å². The summed E-state index contributed by atoms with van der Waals surface area (Å²) in [4.78, 5) is 38.0. The second kappa shape index (κ2) is 6.36. The second-order valence-electron chi connectivity index (χ2n) is 6.02. The molecular formula is C18H20N2O3. The van der Waals surface area contributed by atoms with E-state index in [1.165, 1.54) is 0 Å². The van der Waals surface area contributed by atoms with Crippen molar-refractivity contribution in [3.05, 3.63) is 42.0 Å². The zero-order chi connectivity index (χ0) is 16.4. The molecule has 0 radical (unpaired) electrons. The van der Waals surface area contributed by atoms with Gasteiger partial charge >= 0.3 is 0 Å². The predicted octanol–water partition coefficient (Wildman–Crippen LogP) is 2.14. The Morgan fingerprint density at radius 1 is 1.17 bits per heavy atom. The lowest BCUT2D eigenvalue weighted by molar-refractivity contribution is -0.142. The second-order valence-corrected chi connectivity index (χ2v) is 6.02. The zero-order valence-corrected chi connectivity index (χ0v) is 13.1. The molecule has 1 saturated heterocycles. The summed E-state index contributed by atoms with van der Waals surface area (Å²) in [6, 6.07) is 7.56. The summed E-state index contributed by atoms with van der Waals surface area (Å²) in [5, 5.41) is 2.77. The van der Waals surface area contributed by atoms with Crippen LogP contribution in [0.4, 0.5) is 5.69 Å². The van der Waals surface area contributed by atoms with Crippen molar-refractivity contribution >= 4 is 23.4 Å². The number of likely N-dealkylation sites (tertiary alicyclic amines) is 1. The Labute approximate surface area is 135 Å². The van der Waals surface area contributed by atoms with Crippen LogP contribution in [-0.2, 0) is 20.8 Å². The van der Waals surface area contributed by atoms with Gasteiger partial charge < -0.3 is 5.32 Å². The largest absolute Gasteiger partial charge is 0.325 e. The number of anilines is 1. The molecule has 1 aromatic carbocycles. The lowest BCUT2D eigenvalue weighted by Gasteiger charge is -2.14. The van der Waals surface area contributed by atoms with E-state index in [0.29, 0.717) is 18.5 Å². The molecule has 1 fully saturated rings. The smallest absolute Gasteiger partial charge is 0.244 e. The van der Waals surface area contributed by atoms with Crippen molar-refractivity contribution in [2.24, 2.45) is 11.8 Å². The number of benzene rings is 1. The number of allylic oxidation sites excluding steroid dienone is 2. The van der Waals surface area contributed by atoms with Crippen molar-refractivity contribution in [1.82, 2.24) is 4.90 Å². The number of carbonyl (C=O) groups is 3. The number of hydrogen-bond acceptors (Lipinski definition) is 3. The Morgan fingerprint density at radius 3 is 2.43 bits per heavy atom. The highest BCUT2D eigenvalue weighted by Gasteiger charge is 2.47. The maximum atomic E-state index is 12.3. The highest BCUT2D eigenvalue weighted by molar-refractivity contribution is 6.08. The fourth-order valence-corrected chi connectivity index (χ4v) is 3.24. The first-order valence-electron chi connectivity index (χ1n) is 7.99. The predicted molar refractivity (Wildman–Crippen MR) is 86.5 cm³/mol. The molecule has 0 unspecified atom stereocenters. The molecule has 120 valence electrons. The van der Waals surface area contributed by atoms with E-state index in [2.05, 4.69) is 5.32 Å². The lowest BCUT2D eigenvalue weighted by atomic mass is 9.85. The van der Waals surface area contributed by atoms with Gasteiger partial charge in [0.1, 0.15) is 6.54 Å². The van der Waals surface area contributed by atoms with Gasteiger partial charge in [-0.3, -0.25) is 19.3 Å². The summed E-state index contributed by atoms with van der Waals surface area (Å²) in [6.07, 6.45) is 5.93. The average Bonchev–Trinajstić information content (AvgIpc) is 2.80. The molecule has 0 spiro atoms. The molecule has 2 aliphatic rings. The molecule has 1 aromatic rings. The Hall–Kier alpha value is -2.43. The molecule has 23 heavy (non-hydrogen) atoms. The van der Waals surface area contributed by atoms with E-state index in [1.807, 2.05) is 37.3 Å². The van der Waals surface area contributed by atoms with E-state index in [4.69, 9.17) is 0 Å². The highest BCUT2D eigenvalue weighted by atomic mass is 16.2. The Balaban J connectivity index is 1.66. The zero-order valence-electron chi connectivity index (χ0n) is 13.1. The fourth-order valence-electron chi connectivity index (χ4n) is 3.24. The number of rotatable bonds is 4. The summed E-state index contributed by atoms with van der Waals surface area (Å²) >= 11 is 0. The molecule has 5 heteroatoms. The van der Waals surface area contributed by atoms with E-state index in [1.54, 1.807) is 6.07 Å². The number of nitrogens with one attached hydrogen (secondary N) is 1. The van der Waals surface area contributed by atoms with Crippen molar-refractivity contribution in [3.8, 4) is 0 Å². The molecule has 3 rings (SSSR count). The number of nitrogens with zero attached hydrogens (tertiary/aromatic N) is 1. The third-order valence-corrected chi connectivity index (χ3v) is 4.52. The Morgan fingerprint density at radius 2 is 1.83 bits per heavy atom. The van der Waals surface area contributed by atoms with Gasteiger partial charge in [0, 0.05) is 5.69 Å². The van der Waals surface area contributed by atoms with Crippen molar-refractivity contribution in [3.63, 3.8) is 0 Å². The first kappa shape index (κ1) is 15.5. The lowest BCUT2D eigenvalue weighted by Crippen LogP contribution is -2.38. The molecule has 0 saturated carbocycles. The van der Waals surface area contributed by atoms with Gasteiger partial charge in [-0.05, 0) is 37.0 Å². The number of aryl methyl sites for hydroxylation is 1. The van der Waals surface area contributed by atoms with Crippen LogP contribution in [0.25, 0.3) is 0 Å². The fraction of sp³-hybridized carbons (Fsp3) is 0.389. The number of fused-ring (bicyclic) bond motifs is 1. The molecule has 1 aliphatic carbocycles. The van der Waals surface area contributed by atoms with Crippen LogP contribution in [0.2, 0.25) is 0 Å². The van der Waals surface area contributed by atoms with Crippen LogP contribution in [-0.4, -0.2) is 29.2 Å². The highest BCUT2D eigenvalue weighted by Crippen LogP contribution is 2.34. The minimum atomic E-state index is -0.341.